The smallest absolute Gasteiger partial charge is 0.433 e. The molecule has 1 aliphatic rings. The normalized spacial score (nSPS) is 14.8. The van der Waals surface area contributed by atoms with Crippen LogP contribution in [0.15, 0.2) is 53.6 Å². The fourth-order valence-electron chi connectivity index (χ4n) is 4.70. The maximum Gasteiger partial charge on any atom is 0.433 e. The SMILES string of the molecule is CC1(C)CCN(S(=O)(=O)c2cc(-c3cnc(C(F)(F)F)cc3C=N)c(Cl)cc2OCCCC(=O)O)c2ccccc21. The number of pyridine rings is 1. The number of benzene rings is 2. The molecule has 1 aromatic heterocycles. The van der Waals surface area contributed by atoms with Crippen molar-refractivity contribution >= 4 is 39.5 Å². The van der Waals surface area contributed by atoms with Crippen LogP contribution in [0.4, 0.5) is 18.9 Å². The first-order valence-corrected chi connectivity index (χ1v) is 14.4. The predicted molar refractivity (Wildman–Crippen MR) is 149 cm³/mol. The molecule has 0 saturated carbocycles. The number of carboxylic acids is 1. The van der Waals surface area contributed by atoms with E-state index in [4.69, 9.17) is 26.9 Å². The maximum absolute atomic E-state index is 14.3. The second-order valence-corrected chi connectivity index (χ2v) is 12.4. The molecule has 0 atom stereocenters. The zero-order valence-electron chi connectivity index (χ0n) is 22.1. The average molecular weight is 610 g/mol. The van der Waals surface area contributed by atoms with Crippen molar-refractivity contribution in [2.75, 3.05) is 17.5 Å². The van der Waals surface area contributed by atoms with Gasteiger partial charge in [-0.25, -0.2) is 8.42 Å². The molecule has 0 unspecified atom stereocenters. The third-order valence-corrected chi connectivity index (χ3v) is 9.05. The van der Waals surface area contributed by atoms with E-state index in [1.165, 1.54) is 16.4 Å². The number of aliphatic carboxylic acids is 1. The first-order valence-electron chi connectivity index (χ1n) is 12.6. The van der Waals surface area contributed by atoms with Gasteiger partial charge >= 0.3 is 12.1 Å². The minimum absolute atomic E-state index is 0.0204. The molecule has 0 fully saturated rings. The Morgan fingerprint density at radius 2 is 1.93 bits per heavy atom. The van der Waals surface area contributed by atoms with E-state index < -0.39 is 27.9 Å². The van der Waals surface area contributed by atoms with Gasteiger partial charge in [0.25, 0.3) is 10.0 Å². The van der Waals surface area contributed by atoms with Crippen LogP contribution >= 0.6 is 11.6 Å². The summed E-state index contributed by atoms with van der Waals surface area (Å²) in [6.07, 6.45) is -2.75. The van der Waals surface area contributed by atoms with Crippen LogP contribution in [0, 0.1) is 5.41 Å². The van der Waals surface area contributed by atoms with Gasteiger partial charge < -0.3 is 15.3 Å². The Labute approximate surface area is 240 Å². The van der Waals surface area contributed by atoms with Gasteiger partial charge in [0.1, 0.15) is 16.3 Å². The van der Waals surface area contributed by atoms with E-state index in [-0.39, 0.29) is 63.8 Å². The molecule has 0 bridgehead atoms. The lowest BCUT2D eigenvalue weighted by Crippen LogP contribution is -2.41. The molecule has 4 rings (SSSR count). The van der Waals surface area contributed by atoms with Gasteiger partial charge in [-0.1, -0.05) is 43.6 Å². The molecule has 218 valence electrons. The summed E-state index contributed by atoms with van der Waals surface area (Å²) in [6.45, 7) is 4.06. The second kappa shape index (κ2) is 11.3. The highest BCUT2D eigenvalue weighted by atomic mass is 35.5. The van der Waals surface area contributed by atoms with E-state index in [2.05, 4.69) is 4.98 Å². The summed E-state index contributed by atoms with van der Waals surface area (Å²) in [5.41, 5.74) is -0.318. The van der Waals surface area contributed by atoms with Crippen LogP contribution in [0.2, 0.25) is 5.02 Å². The summed E-state index contributed by atoms with van der Waals surface area (Å²) < 4.78 is 75.3. The van der Waals surface area contributed by atoms with E-state index in [0.29, 0.717) is 24.4 Å². The van der Waals surface area contributed by atoms with Gasteiger partial charge in [0.15, 0.2) is 0 Å². The summed E-state index contributed by atoms with van der Waals surface area (Å²) in [6, 6.07) is 10.2. The van der Waals surface area contributed by atoms with Crippen molar-refractivity contribution in [2.45, 2.75) is 49.6 Å². The molecule has 0 aliphatic carbocycles. The number of alkyl halides is 3. The van der Waals surface area contributed by atoms with E-state index >= 15 is 0 Å². The Morgan fingerprint density at radius 3 is 2.59 bits per heavy atom. The van der Waals surface area contributed by atoms with Crippen molar-refractivity contribution in [3.8, 4) is 16.9 Å². The van der Waals surface area contributed by atoms with Crippen LogP contribution in [-0.4, -0.2) is 43.8 Å². The van der Waals surface area contributed by atoms with Gasteiger partial charge in [-0.15, -0.1) is 0 Å². The molecule has 0 spiro atoms. The summed E-state index contributed by atoms with van der Waals surface area (Å²) in [5, 5.41) is 16.6. The number of halogens is 4. The van der Waals surface area contributed by atoms with Crippen molar-refractivity contribution in [1.82, 2.24) is 4.98 Å². The fraction of sp³-hybridized carbons (Fsp3) is 0.321. The molecular formula is C28H27ClF3N3O5S. The molecule has 2 aromatic carbocycles. The summed E-state index contributed by atoms with van der Waals surface area (Å²) in [7, 11) is -4.33. The van der Waals surface area contributed by atoms with Crippen LogP contribution in [0.3, 0.4) is 0 Å². The summed E-state index contributed by atoms with van der Waals surface area (Å²) in [4.78, 5) is 14.1. The molecule has 2 heterocycles. The number of anilines is 1. The Hall–Kier alpha value is -3.64. The highest BCUT2D eigenvalue weighted by molar-refractivity contribution is 7.93. The molecule has 3 aromatic rings. The third-order valence-electron chi connectivity index (χ3n) is 6.91. The van der Waals surface area contributed by atoms with E-state index in [1.807, 2.05) is 26.0 Å². The number of aromatic nitrogens is 1. The van der Waals surface area contributed by atoms with Crippen LogP contribution in [0.5, 0.6) is 5.75 Å². The molecular weight excluding hydrogens is 583 g/mol. The number of nitrogens with zero attached hydrogens (tertiary/aromatic N) is 2. The highest BCUT2D eigenvalue weighted by Gasteiger charge is 2.38. The number of nitrogens with one attached hydrogen (secondary N) is 1. The largest absolute Gasteiger partial charge is 0.492 e. The van der Waals surface area contributed by atoms with Gasteiger partial charge in [0, 0.05) is 48.1 Å². The Kier molecular flexibility index (Phi) is 8.38. The molecule has 0 amide bonds. The fourth-order valence-corrected chi connectivity index (χ4v) is 6.58. The quantitative estimate of drug-likeness (QED) is 0.210. The number of hydrogen-bond donors (Lipinski definition) is 2. The molecule has 0 saturated heterocycles. The Bertz CT molecular complexity index is 1610. The number of fused-ring (bicyclic) bond motifs is 1. The van der Waals surface area contributed by atoms with Crippen LogP contribution in [0.25, 0.3) is 11.1 Å². The van der Waals surface area contributed by atoms with Crippen molar-refractivity contribution in [2.24, 2.45) is 0 Å². The van der Waals surface area contributed by atoms with Gasteiger partial charge in [-0.2, -0.15) is 13.2 Å². The Morgan fingerprint density at radius 1 is 1.22 bits per heavy atom. The second-order valence-electron chi connectivity index (χ2n) is 10.2. The lowest BCUT2D eigenvalue weighted by atomic mass is 9.78. The van der Waals surface area contributed by atoms with Crippen LogP contribution in [-0.2, 0) is 26.4 Å². The minimum atomic E-state index is -4.75. The molecule has 0 radical (unpaired) electrons. The van der Waals surface area contributed by atoms with Crippen molar-refractivity contribution < 1.29 is 36.2 Å². The molecule has 13 heteroatoms. The summed E-state index contributed by atoms with van der Waals surface area (Å²) in [5.74, 6) is -1.18. The number of sulfonamides is 1. The van der Waals surface area contributed by atoms with Crippen molar-refractivity contribution in [1.29, 1.82) is 5.41 Å². The molecule has 8 nitrogen and oxygen atoms in total. The lowest BCUT2D eigenvalue weighted by molar-refractivity contribution is -0.141. The van der Waals surface area contributed by atoms with Crippen LogP contribution in [0.1, 0.15) is 49.9 Å². The topological polar surface area (TPSA) is 121 Å². The van der Waals surface area contributed by atoms with Crippen LogP contribution < -0.4 is 9.04 Å². The van der Waals surface area contributed by atoms with Gasteiger partial charge in [-0.05, 0) is 42.0 Å². The predicted octanol–water partition coefficient (Wildman–Crippen LogP) is 6.54. The van der Waals surface area contributed by atoms with Gasteiger partial charge in [0.05, 0.1) is 17.3 Å². The van der Waals surface area contributed by atoms with Gasteiger partial charge in [-0.3, -0.25) is 14.1 Å². The van der Waals surface area contributed by atoms with E-state index in [9.17, 15) is 26.4 Å². The standard InChI is InChI=1S/C28H27ClF3N3O5S/c1-27(2)9-10-35(22-7-4-3-6-20(22)27)41(38,39)24-13-18(21(29)14-23(24)40-11-5-8-26(36)37)19-16-34-25(28(30,31)32)12-17(19)15-33/h3-4,6-7,12-16,33H,5,8-11H2,1-2H3,(H,36,37). The van der Waals surface area contributed by atoms with Crippen molar-refractivity contribution in [3.63, 3.8) is 0 Å². The minimum Gasteiger partial charge on any atom is -0.492 e. The molecule has 41 heavy (non-hydrogen) atoms. The first-order chi connectivity index (χ1) is 19.2. The zero-order chi connectivity index (χ0) is 30.2. The number of carbonyl (C=O) groups is 1. The monoisotopic (exact) mass is 609 g/mol. The van der Waals surface area contributed by atoms with Gasteiger partial charge in [0.2, 0.25) is 0 Å². The first kappa shape index (κ1) is 30.3. The number of ether oxygens (including phenoxy) is 1. The molecule has 2 N–H and O–H groups in total. The summed E-state index contributed by atoms with van der Waals surface area (Å²) >= 11 is 6.50. The van der Waals surface area contributed by atoms with E-state index in [1.54, 1.807) is 12.1 Å². The maximum atomic E-state index is 14.3. The average Bonchev–Trinajstić information content (AvgIpc) is 2.90. The lowest BCUT2D eigenvalue weighted by Gasteiger charge is -2.39. The number of carboxylic acid groups (broad SMARTS) is 1. The number of hydrogen-bond acceptors (Lipinski definition) is 6. The third kappa shape index (κ3) is 6.18. The number of para-hydroxylation sites is 1. The Balaban J connectivity index is 1.88. The van der Waals surface area contributed by atoms with Crippen molar-refractivity contribution in [3.05, 3.63) is 70.5 Å². The highest BCUT2D eigenvalue weighted by Crippen LogP contribution is 2.45. The molecule has 1 aliphatic heterocycles. The number of rotatable bonds is 9. The zero-order valence-corrected chi connectivity index (χ0v) is 23.7. The van der Waals surface area contributed by atoms with E-state index in [0.717, 1.165) is 11.8 Å².